The second-order valence-corrected chi connectivity index (χ2v) is 2.25. The molecule has 1 amide bonds. The van der Waals surface area contributed by atoms with E-state index in [1.165, 1.54) is 7.05 Å². The minimum atomic E-state index is -2.30. The van der Waals surface area contributed by atoms with E-state index in [0.717, 1.165) is 0 Å². The van der Waals surface area contributed by atoms with Gasteiger partial charge < -0.3 is 10.6 Å². The van der Waals surface area contributed by atoms with Crippen LogP contribution in [0.2, 0.25) is 0 Å². The lowest BCUT2D eigenvalue weighted by atomic mass is 10.1. The first-order valence-electron chi connectivity index (χ1n) is 5.03. The second-order valence-electron chi connectivity index (χ2n) is 2.25. The summed E-state index contributed by atoms with van der Waals surface area (Å²) in [6, 6.07) is 6.46. The lowest BCUT2D eigenvalue weighted by Gasteiger charge is -2.06. The van der Waals surface area contributed by atoms with Crippen molar-refractivity contribution < 1.29 is 8.91 Å². The van der Waals surface area contributed by atoms with Crippen molar-refractivity contribution in [2.24, 2.45) is 0 Å². The highest BCUT2D eigenvalue weighted by molar-refractivity contribution is 5.99. The highest BCUT2D eigenvalue weighted by Crippen LogP contribution is 2.13. The van der Waals surface area contributed by atoms with Gasteiger partial charge in [0.05, 0.1) is 5.56 Å². The first kappa shape index (κ1) is 5.19. The Morgan fingerprint density at radius 3 is 2.92 bits per heavy atom. The Labute approximate surface area is 76.0 Å². The van der Waals surface area contributed by atoms with Crippen molar-refractivity contribution in [1.82, 2.24) is 5.32 Å². The number of anilines is 1. The zero-order valence-corrected chi connectivity index (χ0v) is 6.72. The zero-order chi connectivity index (χ0) is 11.5. The summed E-state index contributed by atoms with van der Waals surface area (Å²) in [4.78, 5) is 11.4. The van der Waals surface area contributed by atoms with Crippen LogP contribution in [-0.2, 0) is 0 Å². The van der Waals surface area contributed by atoms with Crippen molar-refractivity contribution in [3.05, 3.63) is 29.8 Å². The van der Waals surface area contributed by atoms with E-state index < -0.39 is 6.98 Å². The Bertz CT molecular complexity index is 363. The molecule has 0 aliphatic carbocycles. The van der Waals surface area contributed by atoms with Crippen LogP contribution >= 0.6 is 0 Å². The van der Waals surface area contributed by atoms with Gasteiger partial charge >= 0.3 is 0 Å². The number of hydrogen-bond donors (Lipinski definition) is 2. The van der Waals surface area contributed by atoms with Crippen LogP contribution in [0.25, 0.3) is 0 Å². The van der Waals surface area contributed by atoms with Crippen LogP contribution in [0.1, 0.15) is 14.5 Å². The van der Waals surface area contributed by atoms with Crippen LogP contribution in [0.15, 0.2) is 24.3 Å². The number of carbonyl (C=O) groups excluding carboxylic acids is 1. The first-order valence-corrected chi connectivity index (χ1v) is 3.53. The second kappa shape index (κ2) is 3.76. The average molecular weight is 167 g/mol. The van der Waals surface area contributed by atoms with E-state index >= 15 is 0 Å². The molecule has 0 unspecified atom stereocenters. The lowest BCUT2D eigenvalue weighted by Crippen LogP contribution is -2.18. The molecule has 1 aromatic carbocycles. The summed E-state index contributed by atoms with van der Waals surface area (Å²) in [6.07, 6.45) is 0. The van der Waals surface area contributed by atoms with Crippen molar-refractivity contribution in [3.63, 3.8) is 0 Å². The molecule has 0 saturated heterocycles. The van der Waals surface area contributed by atoms with Crippen LogP contribution < -0.4 is 10.6 Å². The minimum Gasteiger partial charge on any atom is -0.387 e. The summed E-state index contributed by atoms with van der Waals surface area (Å²) < 4.78 is 21.2. The van der Waals surface area contributed by atoms with Gasteiger partial charge in [0.1, 0.15) is 0 Å². The van der Waals surface area contributed by atoms with E-state index in [4.69, 9.17) is 4.11 Å². The maximum absolute atomic E-state index is 11.4. The SMILES string of the molecule is [2H]C([2H])([2H])Nc1ccccc1C(=O)NC. The molecule has 0 atom stereocenters. The number of para-hydroxylation sites is 1. The third kappa shape index (κ3) is 1.56. The predicted molar refractivity (Wildman–Crippen MR) is 49.4 cm³/mol. The summed E-state index contributed by atoms with van der Waals surface area (Å²) in [6.45, 7) is -2.30. The molecular formula is C9H12N2O. The molecule has 64 valence electrons. The van der Waals surface area contributed by atoms with Crippen LogP contribution in [0.5, 0.6) is 0 Å². The van der Waals surface area contributed by atoms with E-state index in [1.807, 2.05) is 0 Å². The highest BCUT2D eigenvalue weighted by atomic mass is 16.1. The number of nitrogens with one attached hydrogen (secondary N) is 2. The number of benzene rings is 1. The lowest BCUT2D eigenvalue weighted by molar-refractivity contribution is 0.0964. The molecule has 0 aliphatic rings. The molecule has 2 N–H and O–H groups in total. The van der Waals surface area contributed by atoms with Gasteiger partial charge in [0, 0.05) is 23.8 Å². The molecule has 1 aromatic rings. The number of amides is 1. The molecule has 0 spiro atoms. The fraction of sp³-hybridized carbons (Fsp3) is 0.222. The Hall–Kier alpha value is -1.51. The third-order valence-corrected chi connectivity index (χ3v) is 1.53. The first-order chi connectivity index (χ1) is 6.94. The topological polar surface area (TPSA) is 41.1 Å². The van der Waals surface area contributed by atoms with Gasteiger partial charge in [-0.05, 0) is 12.1 Å². The smallest absolute Gasteiger partial charge is 0.253 e. The molecule has 3 nitrogen and oxygen atoms in total. The summed E-state index contributed by atoms with van der Waals surface area (Å²) in [5.74, 6) is -0.317. The maximum Gasteiger partial charge on any atom is 0.253 e. The molecule has 0 aromatic heterocycles. The number of hydrogen-bond acceptors (Lipinski definition) is 2. The van der Waals surface area contributed by atoms with Gasteiger partial charge in [0.25, 0.3) is 5.91 Å². The summed E-state index contributed by atoms with van der Waals surface area (Å²) in [5.41, 5.74) is 0.618. The summed E-state index contributed by atoms with van der Waals surface area (Å²) in [5, 5.41) is 4.75. The normalized spacial score (nSPS) is 13.9. The molecule has 12 heavy (non-hydrogen) atoms. The van der Waals surface area contributed by atoms with E-state index in [1.54, 1.807) is 24.3 Å². The predicted octanol–water partition coefficient (Wildman–Crippen LogP) is 1.09. The van der Waals surface area contributed by atoms with Gasteiger partial charge in [0.15, 0.2) is 0 Å². The summed E-state index contributed by atoms with van der Waals surface area (Å²) >= 11 is 0. The van der Waals surface area contributed by atoms with Crippen molar-refractivity contribution in [2.45, 2.75) is 0 Å². The highest BCUT2D eigenvalue weighted by Gasteiger charge is 2.06. The van der Waals surface area contributed by atoms with Gasteiger partial charge in [-0.3, -0.25) is 4.79 Å². The molecule has 0 saturated carbocycles. The van der Waals surface area contributed by atoms with Gasteiger partial charge in [-0.2, -0.15) is 0 Å². The largest absolute Gasteiger partial charge is 0.387 e. The zero-order valence-electron chi connectivity index (χ0n) is 9.72. The molecule has 0 fully saturated rings. The molecule has 0 aliphatic heterocycles. The fourth-order valence-corrected chi connectivity index (χ4v) is 0.925. The monoisotopic (exact) mass is 167 g/mol. The van der Waals surface area contributed by atoms with Crippen molar-refractivity contribution >= 4 is 11.6 Å². The molecule has 0 heterocycles. The minimum absolute atomic E-state index is 0.303. The Morgan fingerprint density at radius 1 is 1.50 bits per heavy atom. The van der Waals surface area contributed by atoms with Crippen molar-refractivity contribution in [1.29, 1.82) is 0 Å². The molecular weight excluding hydrogens is 152 g/mol. The van der Waals surface area contributed by atoms with E-state index in [-0.39, 0.29) is 5.91 Å². The van der Waals surface area contributed by atoms with Crippen LogP contribution in [0.3, 0.4) is 0 Å². The molecule has 3 heteroatoms. The van der Waals surface area contributed by atoms with E-state index in [9.17, 15) is 4.79 Å². The van der Waals surface area contributed by atoms with Crippen molar-refractivity contribution in [3.8, 4) is 0 Å². The third-order valence-electron chi connectivity index (χ3n) is 1.53. The van der Waals surface area contributed by atoms with E-state index in [0.29, 0.717) is 11.3 Å². The van der Waals surface area contributed by atoms with Crippen LogP contribution in [-0.4, -0.2) is 19.9 Å². The average Bonchev–Trinajstić information content (AvgIpc) is 2.15. The van der Waals surface area contributed by atoms with Gasteiger partial charge in [-0.1, -0.05) is 12.1 Å². The fourth-order valence-electron chi connectivity index (χ4n) is 0.925. The quantitative estimate of drug-likeness (QED) is 0.692. The van der Waals surface area contributed by atoms with Gasteiger partial charge in [-0.15, -0.1) is 0 Å². The van der Waals surface area contributed by atoms with Gasteiger partial charge in [0.2, 0.25) is 0 Å². The van der Waals surface area contributed by atoms with Gasteiger partial charge in [-0.25, -0.2) is 0 Å². The standard InChI is InChI=1S/C9H12N2O/c1-10-8-6-4-3-5-7(8)9(12)11-2/h3-6,10H,1-2H3,(H,11,12)/i1D3. The molecule has 0 radical (unpaired) electrons. The molecule has 0 bridgehead atoms. The van der Waals surface area contributed by atoms with Crippen LogP contribution in [0, 0.1) is 0 Å². The summed E-state index contributed by atoms with van der Waals surface area (Å²) in [7, 11) is 1.49. The Kier molecular flexibility index (Phi) is 1.63. The molecule has 1 rings (SSSR count). The number of rotatable bonds is 2. The Balaban J connectivity index is 3.02. The van der Waals surface area contributed by atoms with Crippen LogP contribution in [0.4, 0.5) is 5.69 Å². The maximum atomic E-state index is 11.4. The van der Waals surface area contributed by atoms with Crippen molar-refractivity contribution in [2.75, 3.05) is 19.3 Å². The Morgan fingerprint density at radius 2 is 2.25 bits per heavy atom. The van der Waals surface area contributed by atoms with E-state index in [2.05, 4.69) is 10.6 Å². The number of carbonyl (C=O) groups is 1.